The summed E-state index contributed by atoms with van der Waals surface area (Å²) in [4.78, 5) is 19.2. The van der Waals surface area contributed by atoms with E-state index < -0.39 is 0 Å². The smallest absolute Gasteiger partial charge is 0.259 e. The number of aromatic nitrogens is 3. The van der Waals surface area contributed by atoms with Crippen LogP contribution < -0.4 is 10.3 Å². The van der Waals surface area contributed by atoms with Crippen LogP contribution in [0.3, 0.4) is 0 Å². The van der Waals surface area contributed by atoms with Crippen LogP contribution in [0.4, 0.5) is 0 Å². The van der Waals surface area contributed by atoms with E-state index in [9.17, 15) is 4.79 Å². The molecule has 0 aliphatic carbocycles. The highest BCUT2D eigenvalue weighted by Gasteiger charge is 2.15. The number of imidazole rings is 1. The molecule has 6 heteroatoms. The number of hydrogen-bond donors (Lipinski definition) is 1. The van der Waals surface area contributed by atoms with Gasteiger partial charge in [0.2, 0.25) is 5.78 Å². The first kappa shape index (κ1) is 23.3. The van der Waals surface area contributed by atoms with Gasteiger partial charge < -0.3 is 4.57 Å². The zero-order chi connectivity index (χ0) is 23.2. The van der Waals surface area contributed by atoms with Gasteiger partial charge in [-0.25, -0.2) is 4.98 Å². The first-order valence-corrected chi connectivity index (χ1v) is 12.6. The minimum absolute atomic E-state index is 0.0549. The number of rotatable bonds is 10. The number of benzene rings is 2. The Morgan fingerprint density at radius 1 is 0.939 bits per heavy atom. The second kappa shape index (κ2) is 10.9. The van der Waals surface area contributed by atoms with Crippen molar-refractivity contribution in [2.75, 3.05) is 6.54 Å². The van der Waals surface area contributed by atoms with E-state index in [-0.39, 0.29) is 5.56 Å². The summed E-state index contributed by atoms with van der Waals surface area (Å²) < 4.78 is 7.24. The average molecular weight is 461 g/mol. The summed E-state index contributed by atoms with van der Waals surface area (Å²) in [5.74, 6) is 0.701. The van der Waals surface area contributed by atoms with E-state index in [4.69, 9.17) is 4.98 Å². The maximum Gasteiger partial charge on any atom is 0.259 e. The van der Waals surface area contributed by atoms with Crippen LogP contribution in [0.5, 0.6) is 0 Å². The van der Waals surface area contributed by atoms with Crippen LogP contribution >= 0.6 is 11.9 Å². The summed E-state index contributed by atoms with van der Waals surface area (Å²) in [6, 6.07) is 18.4. The van der Waals surface area contributed by atoms with Crippen LogP contribution in [0.15, 0.2) is 70.5 Å². The Kier molecular flexibility index (Phi) is 7.68. The molecule has 0 aliphatic rings. The van der Waals surface area contributed by atoms with E-state index in [1.54, 1.807) is 22.4 Å². The largest absolute Gasteiger partial charge is 0.311 e. The molecule has 5 nitrogen and oxygen atoms in total. The second-order valence-corrected chi connectivity index (χ2v) is 9.37. The molecule has 2 heterocycles. The van der Waals surface area contributed by atoms with E-state index in [2.05, 4.69) is 78.6 Å². The first-order valence-electron chi connectivity index (χ1n) is 11.8. The maximum atomic E-state index is 13.1. The van der Waals surface area contributed by atoms with Crippen molar-refractivity contribution in [3.05, 3.63) is 76.7 Å². The molecule has 172 valence electrons. The van der Waals surface area contributed by atoms with Gasteiger partial charge in [-0.15, -0.1) is 0 Å². The van der Waals surface area contributed by atoms with Crippen molar-refractivity contribution < 1.29 is 0 Å². The first-order chi connectivity index (χ1) is 16.1. The molecule has 33 heavy (non-hydrogen) atoms. The lowest BCUT2D eigenvalue weighted by Gasteiger charge is -2.15. The Morgan fingerprint density at radius 3 is 2.36 bits per heavy atom. The highest BCUT2D eigenvalue weighted by Crippen LogP contribution is 2.26. The zero-order valence-electron chi connectivity index (χ0n) is 19.7. The summed E-state index contributed by atoms with van der Waals surface area (Å²) >= 11 is 1.64. The lowest BCUT2D eigenvalue weighted by Crippen LogP contribution is -2.18. The van der Waals surface area contributed by atoms with E-state index in [0.717, 1.165) is 66.2 Å². The van der Waals surface area contributed by atoms with Crippen molar-refractivity contribution in [3.63, 3.8) is 0 Å². The molecule has 0 unspecified atom stereocenters. The van der Waals surface area contributed by atoms with Crippen molar-refractivity contribution >= 4 is 17.7 Å². The number of nitrogens with zero attached hydrogens (tertiary/aromatic N) is 3. The van der Waals surface area contributed by atoms with Crippen LogP contribution in [0.1, 0.15) is 45.1 Å². The van der Waals surface area contributed by atoms with Crippen molar-refractivity contribution in [1.29, 1.82) is 0 Å². The van der Waals surface area contributed by atoms with Gasteiger partial charge in [0.25, 0.3) is 5.56 Å². The minimum atomic E-state index is -0.0549. The molecule has 0 fully saturated rings. The quantitative estimate of drug-likeness (QED) is 0.222. The summed E-state index contributed by atoms with van der Waals surface area (Å²) in [6.45, 7) is 8.23. The van der Waals surface area contributed by atoms with Crippen molar-refractivity contribution in [1.82, 2.24) is 18.7 Å². The third-order valence-corrected chi connectivity index (χ3v) is 6.60. The molecule has 0 amide bonds. The highest BCUT2D eigenvalue weighted by atomic mass is 32.2. The molecule has 4 aromatic rings. The predicted octanol–water partition coefficient (Wildman–Crippen LogP) is 6.34. The third kappa shape index (κ3) is 5.40. The van der Waals surface area contributed by atoms with Crippen LogP contribution in [0.2, 0.25) is 0 Å². The molecule has 4 rings (SSSR count). The van der Waals surface area contributed by atoms with Crippen LogP contribution in [0.25, 0.3) is 28.3 Å². The van der Waals surface area contributed by atoms with E-state index in [1.807, 2.05) is 6.20 Å². The predicted molar refractivity (Wildman–Crippen MR) is 139 cm³/mol. The molecule has 2 aromatic heterocycles. The van der Waals surface area contributed by atoms with Gasteiger partial charge in [-0.05, 0) is 49.4 Å². The topological polar surface area (TPSA) is 51.3 Å². The fourth-order valence-electron chi connectivity index (χ4n) is 3.87. The normalized spacial score (nSPS) is 11.4. The monoisotopic (exact) mass is 460 g/mol. The lowest BCUT2D eigenvalue weighted by molar-refractivity contribution is 0.606. The van der Waals surface area contributed by atoms with Crippen LogP contribution in [-0.4, -0.2) is 20.5 Å². The molecule has 0 aliphatic heterocycles. The molecule has 0 saturated carbocycles. The Balaban J connectivity index is 1.77. The molecule has 0 spiro atoms. The molecule has 0 atom stereocenters. The fraction of sp³-hybridized carbons (Fsp3) is 0.333. The summed E-state index contributed by atoms with van der Waals surface area (Å²) in [5, 5.41) is 0. The van der Waals surface area contributed by atoms with Gasteiger partial charge in [0.1, 0.15) is 0 Å². The molecule has 0 saturated heterocycles. The molecule has 0 radical (unpaired) electrons. The third-order valence-electron chi connectivity index (χ3n) is 5.74. The Morgan fingerprint density at radius 2 is 1.67 bits per heavy atom. The van der Waals surface area contributed by atoms with Gasteiger partial charge in [-0.2, -0.15) is 0 Å². The summed E-state index contributed by atoms with van der Waals surface area (Å²) in [5.41, 5.74) is 4.94. The SMILES string of the molecule is CCCCCn1c(-c2ccc(SNCCC)cc2)cc(=O)n2cc(-c3ccc(C)cc3)nc12. The average Bonchev–Trinajstić information content (AvgIpc) is 3.28. The molecule has 0 bridgehead atoms. The molecular formula is C27H32N4OS. The van der Waals surface area contributed by atoms with Crippen molar-refractivity contribution in [3.8, 4) is 22.5 Å². The Labute approximate surface area is 200 Å². The number of nitrogens with one attached hydrogen (secondary N) is 1. The van der Waals surface area contributed by atoms with Gasteiger partial charge in [0, 0.05) is 35.8 Å². The summed E-state index contributed by atoms with van der Waals surface area (Å²) in [7, 11) is 0. The number of fused-ring (bicyclic) bond motifs is 1. The maximum absolute atomic E-state index is 13.1. The van der Waals surface area contributed by atoms with E-state index in [1.165, 1.54) is 5.56 Å². The van der Waals surface area contributed by atoms with Gasteiger partial charge in [-0.1, -0.05) is 68.7 Å². The fourth-order valence-corrected chi connectivity index (χ4v) is 4.61. The number of aryl methyl sites for hydroxylation is 2. The minimum Gasteiger partial charge on any atom is -0.311 e. The zero-order valence-corrected chi connectivity index (χ0v) is 20.5. The van der Waals surface area contributed by atoms with Gasteiger partial charge >= 0.3 is 0 Å². The highest BCUT2D eigenvalue weighted by molar-refractivity contribution is 7.97. The molecular weight excluding hydrogens is 428 g/mol. The standard InChI is InChI=1S/C27H32N4OS/c1-4-6-7-17-30-25(22-12-14-23(15-13-22)33-28-16-5-2)18-26(32)31-19-24(29-27(30)31)21-10-8-20(3)9-11-21/h8-15,18-19,28H,4-7,16-17H2,1-3H3. The van der Waals surface area contributed by atoms with Crippen LogP contribution in [0, 0.1) is 6.92 Å². The molecule has 1 N–H and O–H groups in total. The Bertz CT molecular complexity index is 1260. The van der Waals surface area contributed by atoms with Crippen molar-refractivity contribution in [2.24, 2.45) is 0 Å². The second-order valence-electron chi connectivity index (χ2n) is 8.41. The van der Waals surface area contributed by atoms with Gasteiger partial charge in [0.05, 0.1) is 11.4 Å². The van der Waals surface area contributed by atoms with Crippen LogP contribution in [-0.2, 0) is 6.54 Å². The molecule has 2 aromatic carbocycles. The number of hydrogen-bond acceptors (Lipinski definition) is 4. The number of unbranched alkanes of at least 4 members (excludes halogenated alkanes) is 2. The summed E-state index contributed by atoms with van der Waals surface area (Å²) in [6.07, 6.45) is 6.29. The van der Waals surface area contributed by atoms with E-state index in [0.29, 0.717) is 5.78 Å². The Hall–Kier alpha value is -2.83. The van der Waals surface area contributed by atoms with Gasteiger partial charge in [0.15, 0.2) is 0 Å². The van der Waals surface area contributed by atoms with E-state index >= 15 is 0 Å². The lowest BCUT2D eigenvalue weighted by atomic mass is 10.1. The van der Waals surface area contributed by atoms with Crippen molar-refractivity contribution in [2.45, 2.75) is 57.9 Å². The van der Waals surface area contributed by atoms with Gasteiger partial charge in [-0.3, -0.25) is 13.9 Å².